The summed E-state index contributed by atoms with van der Waals surface area (Å²) in [5.74, 6) is 0.715. The van der Waals surface area contributed by atoms with Crippen LogP contribution in [-0.2, 0) is 4.79 Å². The van der Waals surface area contributed by atoms with Crippen LogP contribution in [0, 0.1) is 5.41 Å². The second kappa shape index (κ2) is 6.45. The lowest BCUT2D eigenvalue weighted by Crippen LogP contribution is -2.56. The molecular weight excluding hydrogens is 344 g/mol. The molecule has 0 aliphatic carbocycles. The second-order valence-corrected chi connectivity index (χ2v) is 10.3. The van der Waals surface area contributed by atoms with Gasteiger partial charge in [-0.2, -0.15) is 0 Å². The first kappa shape index (κ1) is 19.2. The molecule has 2 aromatic rings. The Kier molecular flexibility index (Phi) is 4.42. The molecule has 1 N–H and O–H groups in total. The fraction of sp³-hybridized carbons (Fsp3) is 0.480. The van der Waals surface area contributed by atoms with Crippen molar-refractivity contribution in [2.75, 3.05) is 5.32 Å². The van der Waals surface area contributed by atoms with Crippen molar-refractivity contribution in [2.24, 2.45) is 5.41 Å². The first-order chi connectivity index (χ1) is 13.1. The Morgan fingerprint density at radius 2 is 1.46 bits per heavy atom. The number of likely N-dealkylation sites (tertiary alicyclic amines) is 1. The number of para-hydroxylation sites is 1. The van der Waals surface area contributed by atoms with Crippen LogP contribution in [0.25, 0.3) is 0 Å². The largest absolute Gasteiger partial charge is 0.369 e. The van der Waals surface area contributed by atoms with Gasteiger partial charge >= 0.3 is 0 Å². The van der Waals surface area contributed by atoms with Crippen LogP contribution in [0.1, 0.15) is 64.5 Å². The Hall–Kier alpha value is -2.13. The summed E-state index contributed by atoms with van der Waals surface area (Å²) >= 11 is 0. The topological polar surface area (TPSA) is 32.3 Å². The Bertz CT molecular complexity index is 875. The van der Waals surface area contributed by atoms with Crippen molar-refractivity contribution < 1.29 is 4.79 Å². The number of nitrogens with one attached hydrogen (secondary N) is 1. The van der Waals surface area contributed by atoms with E-state index in [1.165, 1.54) is 16.8 Å². The maximum atomic E-state index is 13.8. The summed E-state index contributed by atoms with van der Waals surface area (Å²) in [7, 11) is 0. The molecule has 2 aliphatic rings. The average molecular weight is 377 g/mol. The summed E-state index contributed by atoms with van der Waals surface area (Å²) in [4.78, 5) is 16.2. The Balaban J connectivity index is 1.93. The number of ketones is 1. The highest BCUT2D eigenvalue weighted by Gasteiger charge is 2.59. The fourth-order valence-corrected chi connectivity index (χ4v) is 5.15. The zero-order valence-corrected chi connectivity index (χ0v) is 17.9. The molecule has 1 fully saturated rings. The highest BCUT2D eigenvalue weighted by atomic mass is 16.1. The van der Waals surface area contributed by atoms with E-state index in [1.54, 1.807) is 0 Å². The van der Waals surface area contributed by atoms with Gasteiger partial charge in [0.25, 0.3) is 0 Å². The molecule has 3 nitrogen and oxygen atoms in total. The number of fused-ring (bicyclic) bond motifs is 3. The molecule has 0 saturated carbocycles. The molecule has 3 heteroatoms. The third kappa shape index (κ3) is 2.97. The van der Waals surface area contributed by atoms with Crippen molar-refractivity contribution in [3.05, 3.63) is 65.7 Å². The SMILES string of the molecule is CC(C)(C)C(=O)C1C(c2ccccc2)C2c3ccccc3NC2N1C(C)(C)C. The van der Waals surface area contributed by atoms with Crippen molar-refractivity contribution in [3.63, 3.8) is 0 Å². The molecule has 148 valence electrons. The van der Waals surface area contributed by atoms with Gasteiger partial charge in [-0.1, -0.05) is 69.3 Å². The molecule has 4 atom stereocenters. The maximum Gasteiger partial charge on any atom is 0.155 e. The molecule has 0 aromatic heterocycles. The number of hydrogen-bond donors (Lipinski definition) is 1. The molecule has 4 rings (SSSR count). The second-order valence-electron chi connectivity index (χ2n) is 10.3. The number of carbonyl (C=O) groups excluding carboxylic acids is 1. The van der Waals surface area contributed by atoms with Crippen LogP contribution < -0.4 is 5.32 Å². The molecule has 0 spiro atoms. The van der Waals surface area contributed by atoms with E-state index in [0.717, 1.165) is 0 Å². The van der Waals surface area contributed by atoms with Crippen molar-refractivity contribution in [1.82, 2.24) is 4.90 Å². The summed E-state index contributed by atoms with van der Waals surface area (Å²) < 4.78 is 0. The van der Waals surface area contributed by atoms with Crippen LogP contribution in [0.4, 0.5) is 5.69 Å². The monoisotopic (exact) mass is 376 g/mol. The van der Waals surface area contributed by atoms with Gasteiger partial charge in [-0.3, -0.25) is 9.69 Å². The van der Waals surface area contributed by atoms with Gasteiger partial charge in [0.15, 0.2) is 5.78 Å². The lowest BCUT2D eigenvalue weighted by molar-refractivity contribution is -0.133. The smallest absolute Gasteiger partial charge is 0.155 e. The van der Waals surface area contributed by atoms with E-state index in [4.69, 9.17) is 0 Å². The van der Waals surface area contributed by atoms with E-state index in [1.807, 2.05) is 20.8 Å². The number of rotatable bonds is 2. The van der Waals surface area contributed by atoms with Crippen LogP contribution >= 0.6 is 0 Å². The number of carbonyl (C=O) groups is 1. The van der Waals surface area contributed by atoms with Gasteiger partial charge in [0.1, 0.15) is 0 Å². The molecule has 0 bridgehead atoms. The predicted octanol–water partition coefficient (Wildman–Crippen LogP) is 5.40. The molecule has 4 unspecified atom stereocenters. The van der Waals surface area contributed by atoms with Gasteiger partial charge in [0, 0.05) is 28.5 Å². The first-order valence-corrected chi connectivity index (χ1v) is 10.3. The number of Topliss-reactive ketones (excluding diaryl/α,β-unsaturated/α-hetero) is 1. The van der Waals surface area contributed by atoms with E-state index in [9.17, 15) is 4.79 Å². The van der Waals surface area contributed by atoms with Gasteiger partial charge in [-0.15, -0.1) is 0 Å². The molecule has 2 aliphatic heterocycles. The first-order valence-electron chi connectivity index (χ1n) is 10.3. The van der Waals surface area contributed by atoms with Gasteiger partial charge < -0.3 is 5.32 Å². The summed E-state index contributed by atoms with van der Waals surface area (Å²) in [5, 5.41) is 3.76. The molecule has 1 saturated heterocycles. The summed E-state index contributed by atoms with van der Waals surface area (Å²) in [5.41, 5.74) is 3.27. The number of nitrogens with zero attached hydrogens (tertiary/aromatic N) is 1. The molecular formula is C25H32N2O. The van der Waals surface area contributed by atoms with E-state index < -0.39 is 0 Å². The quantitative estimate of drug-likeness (QED) is 0.761. The zero-order chi connectivity index (χ0) is 20.3. The Labute approximate surface area is 169 Å². The van der Waals surface area contributed by atoms with Gasteiger partial charge in [-0.05, 0) is 38.0 Å². The lowest BCUT2D eigenvalue weighted by Gasteiger charge is -2.42. The highest BCUT2D eigenvalue weighted by molar-refractivity contribution is 5.91. The van der Waals surface area contributed by atoms with Crippen molar-refractivity contribution in [1.29, 1.82) is 0 Å². The van der Waals surface area contributed by atoms with E-state index in [2.05, 4.69) is 85.6 Å². The Morgan fingerprint density at radius 1 is 0.857 bits per heavy atom. The predicted molar refractivity (Wildman–Crippen MR) is 116 cm³/mol. The van der Waals surface area contributed by atoms with Crippen LogP contribution in [-0.4, -0.2) is 28.4 Å². The third-order valence-corrected chi connectivity index (χ3v) is 6.26. The van der Waals surface area contributed by atoms with Gasteiger partial charge in [0.2, 0.25) is 0 Å². The minimum Gasteiger partial charge on any atom is -0.369 e. The summed E-state index contributed by atoms with van der Waals surface area (Å²) in [6.07, 6.45) is 0.124. The fourth-order valence-electron chi connectivity index (χ4n) is 5.15. The molecule has 28 heavy (non-hydrogen) atoms. The van der Waals surface area contributed by atoms with E-state index >= 15 is 0 Å². The normalized spacial score (nSPS) is 27.2. The lowest BCUT2D eigenvalue weighted by atomic mass is 9.74. The van der Waals surface area contributed by atoms with Gasteiger partial charge in [-0.25, -0.2) is 0 Å². The van der Waals surface area contributed by atoms with Crippen LogP contribution in [0.5, 0.6) is 0 Å². The molecule has 2 heterocycles. The number of benzene rings is 2. The van der Waals surface area contributed by atoms with Crippen molar-refractivity contribution >= 4 is 11.5 Å². The zero-order valence-electron chi connectivity index (χ0n) is 17.9. The standard InChI is InChI=1S/C25H32N2O/c1-24(2,3)22(28)21-19(16-12-8-7-9-13-16)20-17-14-10-11-15-18(17)26-23(20)27(21)25(4,5)6/h7-15,19-21,23,26H,1-6H3. The molecule has 2 aromatic carbocycles. The van der Waals surface area contributed by atoms with Gasteiger partial charge in [0.05, 0.1) is 12.2 Å². The van der Waals surface area contributed by atoms with Crippen molar-refractivity contribution in [2.45, 2.75) is 71.1 Å². The maximum absolute atomic E-state index is 13.8. The molecule has 0 amide bonds. The van der Waals surface area contributed by atoms with E-state index in [0.29, 0.717) is 5.78 Å². The van der Waals surface area contributed by atoms with Crippen LogP contribution in [0.15, 0.2) is 54.6 Å². The van der Waals surface area contributed by atoms with E-state index in [-0.39, 0.29) is 35.0 Å². The molecule has 0 radical (unpaired) electrons. The number of hydrogen-bond acceptors (Lipinski definition) is 3. The van der Waals surface area contributed by atoms with Crippen LogP contribution in [0.3, 0.4) is 0 Å². The van der Waals surface area contributed by atoms with Crippen molar-refractivity contribution in [3.8, 4) is 0 Å². The summed E-state index contributed by atoms with van der Waals surface area (Å²) in [6, 6.07) is 19.1. The minimum atomic E-state index is -0.390. The summed E-state index contributed by atoms with van der Waals surface area (Å²) in [6.45, 7) is 12.8. The Morgan fingerprint density at radius 3 is 2.07 bits per heavy atom. The highest BCUT2D eigenvalue weighted by Crippen LogP contribution is 2.56. The number of anilines is 1. The van der Waals surface area contributed by atoms with Crippen LogP contribution in [0.2, 0.25) is 0 Å². The average Bonchev–Trinajstić information content (AvgIpc) is 3.14. The minimum absolute atomic E-state index is 0.124. The third-order valence-electron chi connectivity index (χ3n) is 6.26.